The zero-order valence-corrected chi connectivity index (χ0v) is 24.4. The monoisotopic (exact) mass is 538 g/mol. The lowest BCUT2D eigenvalue weighted by atomic mass is 9.81. The molecule has 1 amide bonds. The summed E-state index contributed by atoms with van der Waals surface area (Å²) in [6.45, 7) is 13.4. The molecule has 2 aromatic rings. The molecule has 0 saturated heterocycles. The number of rotatable bonds is 9. The van der Waals surface area contributed by atoms with E-state index in [0.717, 1.165) is 73.7 Å². The number of hydrogen-bond donors (Lipinski definition) is 0. The highest BCUT2D eigenvalue weighted by molar-refractivity contribution is 6.30. The Kier molecular flexibility index (Phi) is 9.30. The van der Waals surface area contributed by atoms with Crippen LogP contribution in [0.5, 0.6) is 11.5 Å². The number of allylic oxidation sites excluding steroid dienone is 1. The van der Waals surface area contributed by atoms with Crippen LogP contribution in [0.15, 0.2) is 48.7 Å². The smallest absolute Gasteiger partial charge is 0.219 e. The van der Waals surface area contributed by atoms with Gasteiger partial charge in [0.25, 0.3) is 0 Å². The summed E-state index contributed by atoms with van der Waals surface area (Å²) < 4.78 is 11.9. The van der Waals surface area contributed by atoms with E-state index >= 15 is 0 Å². The molecule has 0 radical (unpaired) electrons. The first kappa shape index (κ1) is 28.4. The Bertz CT molecular complexity index is 1120. The van der Waals surface area contributed by atoms with Crippen molar-refractivity contribution in [3.63, 3.8) is 0 Å². The molecule has 4 rings (SSSR count). The predicted octanol–water partition coefficient (Wildman–Crippen LogP) is 7.56. The van der Waals surface area contributed by atoms with Crippen molar-refractivity contribution < 1.29 is 14.3 Å². The molecule has 0 spiro atoms. The van der Waals surface area contributed by atoms with Crippen molar-refractivity contribution in [1.82, 2.24) is 9.80 Å². The first-order chi connectivity index (χ1) is 18.2. The average molecular weight is 539 g/mol. The minimum atomic E-state index is 0.00878. The summed E-state index contributed by atoms with van der Waals surface area (Å²) in [5.41, 5.74) is 4.75. The van der Waals surface area contributed by atoms with Gasteiger partial charge in [0.05, 0.1) is 19.3 Å². The van der Waals surface area contributed by atoms with Crippen LogP contribution in [0.4, 0.5) is 0 Å². The highest BCUT2D eigenvalue weighted by atomic mass is 35.5. The molecule has 1 aliphatic carbocycles. The molecule has 2 aliphatic rings. The van der Waals surface area contributed by atoms with Crippen LogP contribution in [-0.4, -0.2) is 47.5 Å². The van der Waals surface area contributed by atoms with Crippen LogP contribution >= 0.6 is 11.6 Å². The fourth-order valence-electron chi connectivity index (χ4n) is 6.20. The number of amides is 1. The molecular weight excluding hydrogens is 496 g/mol. The van der Waals surface area contributed by atoms with E-state index in [9.17, 15) is 4.79 Å². The summed E-state index contributed by atoms with van der Waals surface area (Å²) in [6.07, 6.45) is 7.07. The fraction of sp³-hybridized carbons (Fsp3) is 0.531. The van der Waals surface area contributed by atoms with Crippen molar-refractivity contribution in [2.45, 2.75) is 96.9 Å². The van der Waals surface area contributed by atoms with Crippen molar-refractivity contribution in [1.29, 1.82) is 0 Å². The van der Waals surface area contributed by atoms with Crippen LogP contribution in [0.25, 0.3) is 0 Å². The van der Waals surface area contributed by atoms with Gasteiger partial charge in [-0.1, -0.05) is 43.7 Å². The molecule has 0 aromatic heterocycles. The largest absolute Gasteiger partial charge is 0.493 e. The first-order valence-electron chi connectivity index (χ1n) is 14.1. The SMILES string of the molecule is C=C1Cc2cc(OC)c(OC(C)C)cc2C(c2ccc(Cl)cc2)N1C1CCC(N(CCCC)C(C)=O)CC1. The Hall–Kier alpha value is -2.66. The molecule has 0 N–H and O–H groups in total. The lowest BCUT2D eigenvalue weighted by Gasteiger charge is -2.48. The van der Waals surface area contributed by atoms with Crippen molar-refractivity contribution in [2.24, 2.45) is 0 Å². The van der Waals surface area contributed by atoms with E-state index in [4.69, 9.17) is 21.1 Å². The third kappa shape index (κ3) is 6.14. The summed E-state index contributed by atoms with van der Waals surface area (Å²) in [7, 11) is 1.69. The number of benzene rings is 2. The van der Waals surface area contributed by atoms with Gasteiger partial charge in [-0.25, -0.2) is 0 Å². The van der Waals surface area contributed by atoms with Gasteiger partial charge in [-0.3, -0.25) is 4.79 Å². The standard InChI is InChI=1S/C32H43ClN2O3/c1-7-8-17-34(23(5)36)27-13-15-28(16-14-27)35-22(4)18-25-19-30(37-6)31(38-21(2)3)20-29(25)32(35)24-9-11-26(33)12-10-24/h9-12,19-21,27-28,32H,4,7-8,13-18H2,1-3,5-6H3. The summed E-state index contributed by atoms with van der Waals surface area (Å²) >= 11 is 6.29. The van der Waals surface area contributed by atoms with Crippen LogP contribution < -0.4 is 9.47 Å². The summed E-state index contributed by atoms with van der Waals surface area (Å²) in [5.74, 6) is 1.72. The van der Waals surface area contributed by atoms with Gasteiger partial charge in [0.1, 0.15) is 0 Å². The van der Waals surface area contributed by atoms with Crippen molar-refractivity contribution >= 4 is 17.5 Å². The molecule has 1 unspecified atom stereocenters. The molecule has 1 aliphatic heterocycles. The van der Waals surface area contributed by atoms with Gasteiger partial charge in [0.2, 0.25) is 5.91 Å². The lowest BCUT2D eigenvalue weighted by molar-refractivity contribution is -0.132. The second kappa shape index (κ2) is 12.5. The third-order valence-corrected chi connectivity index (χ3v) is 8.22. The molecule has 1 heterocycles. The van der Waals surface area contributed by atoms with Crippen LogP contribution in [0.1, 0.15) is 89.0 Å². The molecule has 1 saturated carbocycles. The van der Waals surface area contributed by atoms with Crippen LogP contribution in [0, 0.1) is 0 Å². The van der Waals surface area contributed by atoms with E-state index in [1.54, 1.807) is 14.0 Å². The number of hydrogen-bond acceptors (Lipinski definition) is 4. The van der Waals surface area contributed by atoms with Crippen LogP contribution in [-0.2, 0) is 11.2 Å². The third-order valence-electron chi connectivity index (χ3n) is 7.96. The second-order valence-corrected chi connectivity index (χ2v) is 11.4. The van der Waals surface area contributed by atoms with Crippen LogP contribution in [0.3, 0.4) is 0 Å². The summed E-state index contributed by atoms with van der Waals surface area (Å²) in [5, 5.41) is 0.727. The first-order valence-corrected chi connectivity index (χ1v) is 14.5. The van der Waals surface area contributed by atoms with Gasteiger partial charge in [0.15, 0.2) is 11.5 Å². The number of unbranched alkanes of at least 4 members (excludes halogenated alkanes) is 1. The van der Waals surface area contributed by atoms with E-state index in [2.05, 4.69) is 47.6 Å². The van der Waals surface area contributed by atoms with Crippen molar-refractivity contribution in [3.8, 4) is 11.5 Å². The number of methoxy groups -OCH3 is 1. The van der Waals surface area contributed by atoms with Gasteiger partial charge in [-0.05, 0) is 86.9 Å². The topological polar surface area (TPSA) is 42.0 Å². The minimum Gasteiger partial charge on any atom is -0.493 e. The highest BCUT2D eigenvalue weighted by Crippen LogP contribution is 2.46. The molecular formula is C32H43ClN2O3. The van der Waals surface area contributed by atoms with E-state index in [0.29, 0.717) is 12.1 Å². The quantitative estimate of drug-likeness (QED) is 0.330. The maximum atomic E-state index is 12.4. The van der Waals surface area contributed by atoms with Gasteiger partial charge in [0, 0.05) is 42.7 Å². The number of nitrogens with zero attached hydrogens (tertiary/aromatic N) is 2. The Morgan fingerprint density at radius 3 is 2.39 bits per heavy atom. The maximum absolute atomic E-state index is 12.4. The average Bonchev–Trinajstić information content (AvgIpc) is 2.88. The molecule has 1 fully saturated rings. The minimum absolute atomic E-state index is 0.00878. The Labute approximate surface area is 233 Å². The maximum Gasteiger partial charge on any atom is 0.219 e. The van der Waals surface area contributed by atoms with Gasteiger partial charge >= 0.3 is 0 Å². The zero-order valence-electron chi connectivity index (χ0n) is 23.6. The number of carbonyl (C=O) groups excluding carboxylic acids is 1. The number of carbonyl (C=O) groups is 1. The lowest BCUT2D eigenvalue weighted by Crippen LogP contribution is -2.48. The van der Waals surface area contributed by atoms with Crippen molar-refractivity contribution in [2.75, 3.05) is 13.7 Å². The van der Waals surface area contributed by atoms with Crippen molar-refractivity contribution in [3.05, 3.63) is 70.4 Å². The Morgan fingerprint density at radius 2 is 1.82 bits per heavy atom. The normalized spacial score (nSPS) is 21.3. The van der Waals surface area contributed by atoms with E-state index in [1.807, 2.05) is 26.0 Å². The van der Waals surface area contributed by atoms with Gasteiger partial charge in [-0.2, -0.15) is 0 Å². The molecule has 5 nitrogen and oxygen atoms in total. The predicted molar refractivity (Wildman–Crippen MR) is 155 cm³/mol. The second-order valence-electron chi connectivity index (χ2n) is 11.0. The molecule has 206 valence electrons. The Morgan fingerprint density at radius 1 is 1.13 bits per heavy atom. The highest BCUT2D eigenvalue weighted by Gasteiger charge is 2.38. The molecule has 2 aromatic carbocycles. The number of halogens is 1. The van der Waals surface area contributed by atoms with Gasteiger partial charge < -0.3 is 19.3 Å². The molecule has 6 heteroatoms. The van der Waals surface area contributed by atoms with E-state index in [-0.39, 0.29) is 18.1 Å². The Balaban J connectivity index is 1.68. The zero-order chi connectivity index (χ0) is 27.4. The molecule has 0 bridgehead atoms. The van der Waals surface area contributed by atoms with E-state index < -0.39 is 0 Å². The molecule has 1 atom stereocenters. The fourth-order valence-corrected chi connectivity index (χ4v) is 6.33. The summed E-state index contributed by atoms with van der Waals surface area (Å²) in [6, 6.07) is 13.2. The van der Waals surface area contributed by atoms with Gasteiger partial charge in [-0.15, -0.1) is 0 Å². The van der Waals surface area contributed by atoms with Crippen LogP contribution in [0.2, 0.25) is 5.02 Å². The number of fused-ring (bicyclic) bond motifs is 1. The molecule has 38 heavy (non-hydrogen) atoms. The number of ether oxygens (including phenoxy) is 2. The van der Waals surface area contributed by atoms with E-state index in [1.165, 1.54) is 16.7 Å². The summed E-state index contributed by atoms with van der Waals surface area (Å²) in [4.78, 5) is 17.1.